The summed E-state index contributed by atoms with van der Waals surface area (Å²) >= 11 is 1.64. The van der Waals surface area contributed by atoms with E-state index < -0.39 is 6.10 Å². The molecule has 16 heavy (non-hydrogen) atoms. The Morgan fingerprint density at radius 1 is 1.56 bits per heavy atom. The Bertz CT molecular complexity index is 427. The highest BCUT2D eigenvalue weighted by Crippen LogP contribution is 2.16. The maximum Gasteiger partial charge on any atom is 0.255 e. The first-order valence-electron chi connectivity index (χ1n) is 5.02. The lowest BCUT2D eigenvalue weighted by Gasteiger charge is -2.00. The quantitative estimate of drug-likeness (QED) is 0.816. The molecule has 0 saturated heterocycles. The van der Waals surface area contributed by atoms with E-state index in [2.05, 4.69) is 10.1 Å². The first kappa shape index (κ1) is 11.3. The smallest absolute Gasteiger partial charge is 0.255 e. The number of aromatic nitrogens is 2. The molecule has 2 aromatic heterocycles. The number of aliphatic hydroxyl groups is 1. The molecule has 0 aromatic carbocycles. The molecule has 2 rings (SSSR count). The zero-order valence-electron chi connectivity index (χ0n) is 8.67. The summed E-state index contributed by atoms with van der Waals surface area (Å²) in [5, 5.41) is 15.4. The molecule has 0 spiro atoms. The number of thiophene rings is 1. The second-order valence-corrected chi connectivity index (χ2v) is 4.43. The molecule has 6 heteroatoms. The Morgan fingerprint density at radius 3 is 3.12 bits per heavy atom. The van der Waals surface area contributed by atoms with E-state index in [-0.39, 0.29) is 5.89 Å². The van der Waals surface area contributed by atoms with E-state index in [1.807, 2.05) is 17.5 Å². The van der Waals surface area contributed by atoms with Crippen LogP contribution in [0.4, 0.5) is 0 Å². The summed E-state index contributed by atoms with van der Waals surface area (Å²) in [7, 11) is 0. The van der Waals surface area contributed by atoms with Gasteiger partial charge in [-0.1, -0.05) is 11.2 Å². The molecule has 0 aliphatic rings. The number of nitrogens with two attached hydrogens (primary N) is 1. The highest BCUT2D eigenvalue weighted by atomic mass is 32.1. The van der Waals surface area contributed by atoms with Crippen LogP contribution in [0, 0.1) is 0 Å². The summed E-state index contributed by atoms with van der Waals surface area (Å²) in [5.74, 6) is 0.838. The van der Waals surface area contributed by atoms with E-state index in [4.69, 9.17) is 10.3 Å². The molecule has 0 bridgehead atoms. The fraction of sp³-hybridized carbons (Fsp3) is 0.400. The summed E-state index contributed by atoms with van der Waals surface area (Å²) in [6.45, 7) is 0.393. The van der Waals surface area contributed by atoms with Gasteiger partial charge in [-0.25, -0.2) is 0 Å². The minimum atomic E-state index is -0.755. The molecule has 0 aliphatic carbocycles. The number of hydrogen-bond donors (Lipinski definition) is 2. The van der Waals surface area contributed by atoms with E-state index >= 15 is 0 Å². The number of hydrogen-bond acceptors (Lipinski definition) is 6. The first-order chi connectivity index (χ1) is 7.79. The lowest BCUT2D eigenvalue weighted by molar-refractivity contribution is 0.127. The van der Waals surface area contributed by atoms with Crippen LogP contribution < -0.4 is 5.73 Å². The van der Waals surface area contributed by atoms with Crippen LogP contribution in [0.15, 0.2) is 22.0 Å². The van der Waals surface area contributed by atoms with Gasteiger partial charge in [0.2, 0.25) is 0 Å². The van der Waals surface area contributed by atoms with E-state index in [0.717, 1.165) is 0 Å². The lowest BCUT2D eigenvalue weighted by Crippen LogP contribution is -2.07. The molecule has 0 radical (unpaired) electrons. The molecule has 0 unspecified atom stereocenters. The van der Waals surface area contributed by atoms with Crippen LogP contribution >= 0.6 is 11.3 Å². The van der Waals surface area contributed by atoms with Gasteiger partial charge in [0.15, 0.2) is 5.82 Å². The third-order valence-electron chi connectivity index (χ3n) is 2.12. The van der Waals surface area contributed by atoms with Gasteiger partial charge in [0.25, 0.3) is 5.89 Å². The molecule has 1 atom stereocenters. The van der Waals surface area contributed by atoms with Crippen molar-refractivity contribution in [1.29, 1.82) is 0 Å². The van der Waals surface area contributed by atoms with Gasteiger partial charge in [-0.3, -0.25) is 0 Å². The average molecular weight is 239 g/mol. The summed E-state index contributed by atoms with van der Waals surface area (Å²) in [4.78, 5) is 5.29. The lowest BCUT2D eigenvalue weighted by atomic mass is 10.2. The SMILES string of the molecule is NCC[C@H](O)c1nc(Cc2cccs2)no1. The van der Waals surface area contributed by atoms with E-state index in [1.54, 1.807) is 11.3 Å². The van der Waals surface area contributed by atoms with Crippen molar-refractivity contribution in [3.05, 3.63) is 34.1 Å². The van der Waals surface area contributed by atoms with Gasteiger partial charge in [-0.15, -0.1) is 11.3 Å². The Labute approximate surface area is 96.9 Å². The van der Waals surface area contributed by atoms with Crippen LogP contribution in [0.3, 0.4) is 0 Å². The normalized spacial score (nSPS) is 12.9. The molecule has 0 fully saturated rings. The molecular weight excluding hydrogens is 226 g/mol. The maximum atomic E-state index is 9.59. The Balaban J connectivity index is 2.02. The first-order valence-corrected chi connectivity index (χ1v) is 5.90. The van der Waals surface area contributed by atoms with Crippen LogP contribution in [-0.2, 0) is 6.42 Å². The number of rotatable bonds is 5. The van der Waals surface area contributed by atoms with E-state index in [1.165, 1.54) is 4.88 Å². The van der Waals surface area contributed by atoms with Crippen molar-refractivity contribution in [3.63, 3.8) is 0 Å². The van der Waals surface area contributed by atoms with Gasteiger partial charge < -0.3 is 15.4 Å². The minimum Gasteiger partial charge on any atom is -0.383 e. The second-order valence-electron chi connectivity index (χ2n) is 3.40. The van der Waals surface area contributed by atoms with Crippen molar-refractivity contribution in [2.75, 3.05) is 6.54 Å². The van der Waals surface area contributed by atoms with Gasteiger partial charge >= 0.3 is 0 Å². The Hall–Kier alpha value is -1.24. The Morgan fingerprint density at radius 2 is 2.44 bits per heavy atom. The van der Waals surface area contributed by atoms with Crippen molar-refractivity contribution in [1.82, 2.24) is 10.1 Å². The van der Waals surface area contributed by atoms with Gasteiger partial charge in [0.05, 0.1) is 0 Å². The summed E-state index contributed by atoms with van der Waals surface area (Å²) in [6.07, 6.45) is 0.312. The minimum absolute atomic E-state index is 0.247. The fourth-order valence-electron chi connectivity index (χ4n) is 1.32. The second kappa shape index (κ2) is 5.20. The number of aliphatic hydroxyl groups excluding tert-OH is 1. The third kappa shape index (κ3) is 2.66. The van der Waals surface area contributed by atoms with Gasteiger partial charge in [-0.05, 0) is 24.4 Å². The molecule has 0 saturated carbocycles. The topological polar surface area (TPSA) is 85.2 Å². The van der Waals surface area contributed by atoms with Crippen molar-refractivity contribution < 1.29 is 9.63 Å². The predicted octanol–water partition coefficient (Wildman–Crippen LogP) is 1.10. The maximum absolute atomic E-state index is 9.59. The number of nitrogens with zero attached hydrogens (tertiary/aromatic N) is 2. The Kier molecular flexibility index (Phi) is 3.66. The van der Waals surface area contributed by atoms with Crippen LogP contribution in [-0.4, -0.2) is 21.8 Å². The summed E-state index contributed by atoms with van der Waals surface area (Å²) in [6, 6.07) is 3.99. The van der Waals surface area contributed by atoms with Gasteiger partial charge in [-0.2, -0.15) is 4.98 Å². The standard InChI is InChI=1S/C10H13N3O2S/c11-4-3-8(14)10-12-9(13-15-10)6-7-2-1-5-16-7/h1-2,5,8,14H,3-4,6,11H2/t8-/m0/s1. The molecular formula is C10H13N3O2S. The van der Waals surface area contributed by atoms with Crippen molar-refractivity contribution in [2.24, 2.45) is 5.73 Å². The molecule has 0 aliphatic heterocycles. The van der Waals surface area contributed by atoms with Crippen LogP contribution in [0.1, 0.15) is 29.1 Å². The van der Waals surface area contributed by atoms with Crippen LogP contribution in [0.25, 0.3) is 0 Å². The third-order valence-corrected chi connectivity index (χ3v) is 3.00. The van der Waals surface area contributed by atoms with Gasteiger partial charge in [0, 0.05) is 11.3 Å². The fourth-order valence-corrected chi connectivity index (χ4v) is 2.03. The van der Waals surface area contributed by atoms with E-state index in [0.29, 0.717) is 25.2 Å². The predicted molar refractivity (Wildman–Crippen MR) is 60.1 cm³/mol. The average Bonchev–Trinajstić information content (AvgIpc) is 2.90. The largest absolute Gasteiger partial charge is 0.383 e. The van der Waals surface area contributed by atoms with Crippen molar-refractivity contribution in [2.45, 2.75) is 18.9 Å². The van der Waals surface area contributed by atoms with Crippen LogP contribution in [0.2, 0.25) is 0 Å². The van der Waals surface area contributed by atoms with Crippen molar-refractivity contribution >= 4 is 11.3 Å². The monoisotopic (exact) mass is 239 g/mol. The van der Waals surface area contributed by atoms with Gasteiger partial charge in [0.1, 0.15) is 6.10 Å². The summed E-state index contributed by atoms with van der Waals surface area (Å²) in [5.41, 5.74) is 5.34. The van der Waals surface area contributed by atoms with Crippen molar-refractivity contribution in [3.8, 4) is 0 Å². The molecule has 2 aromatic rings. The molecule has 5 nitrogen and oxygen atoms in total. The molecule has 86 valence electrons. The highest BCUT2D eigenvalue weighted by Gasteiger charge is 2.15. The van der Waals surface area contributed by atoms with E-state index in [9.17, 15) is 5.11 Å². The highest BCUT2D eigenvalue weighted by molar-refractivity contribution is 7.09. The zero-order valence-corrected chi connectivity index (χ0v) is 9.48. The molecule has 0 amide bonds. The molecule has 3 N–H and O–H groups in total. The molecule has 2 heterocycles. The van der Waals surface area contributed by atoms with Crippen LogP contribution in [0.5, 0.6) is 0 Å². The summed E-state index contributed by atoms with van der Waals surface area (Å²) < 4.78 is 4.97. The zero-order chi connectivity index (χ0) is 11.4.